The summed E-state index contributed by atoms with van der Waals surface area (Å²) < 4.78 is 6.37. The number of halogens is 2. The smallest absolute Gasteiger partial charge is 0.119 e. The quantitative estimate of drug-likeness (QED) is 0.832. The van der Waals surface area contributed by atoms with Crippen LogP contribution in [0.3, 0.4) is 0 Å². The van der Waals surface area contributed by atoms with E-state index in [0.29, 0.717) is 6.61 Å². The van der Waals surface area contributed by atoms with E-state index in [1.807, 2.05) is 44.3 Å². The summed E-state index contributed by atoms with van der Waals surface area (Å²) in [5.74, 6) is 0.881. The van der Waals surface area contributed by atoms with Gasteiger partial charge in [-0.05, 0) is 59.2 Å². The van der Waals surface area contributed by atoms with Gasteiger partial charge in [-0.25, -0.2) is 0 Å². The molecule has 2 nitrogen and oxygen atoms in total. The average Bonchev–Trinajstić information content (AvgIpc) is 2.46. The Morgan fingerprint density at radius 3 is 2.50 bits per heavy atom. The first-order valence-electron chi connectivity index (χ1n) is 6.51. The Kier molecular flexibility index (Phi) is 5.46. The Labute approximate surface area is 133 Å². The molecule has 2 aromatic carbocycles. The molecule has 0 saturated heterocycles. The Morgan fingerprint density at radius 1 is 1.20 bits per heavy atom. The Bertz CT molecular complexity index is 571. The summed E-state index contributed by atoms with van der Waals surface area (Å²) in [6, 6.07) is 14.1. The lowest BCUT2D eigenvalue weighted by atomic mass is 9.99. The maximum Gasteiger partial charge on any atom is 0.119 e. The number of rotatable bonds is 5. The molecule has 0 heterocycles. The second kappa shape index (κ2) is 7.11. The van der Waals surface area contributed by atoms with Crippen LogP contribution in [0.15, 0.2) is 46.9 Å². The Balaban J connectivity index is 2.34. The van der Waals surface area contributed by atoms with Crippen molar-refractivity contribution in [2.24, 2.45) is 0 Å². The van der Waals surface area contributed by atoms with Crippen LogP contribution >= 0.6 is 27.5 Å². The van der Waals surface area contributed by atoms with E-state index < -0.39 is 0 Å². The standard InChI is InChI=1S/C16H17BrClNO/c1-3-20-12-9-7-11(8-10-12)16(19-2)13-5-4-6-14(17)15(13)18/h4-10,16,19H,3H2,1-2H3. The molecular weight excluding hydrogens is 338 g/mol. The van der Waals surface area contributed by atoms with E-state index in [0.717, 1.165) is 26.4 Å². The monoisotopic (exact) mass is 353 g/mol. The molecule has 0 aromatic heterocycles. The van der Waals surface area contributed by atoms with Gasteiger partial charge in [-0.2, -0.15) is 0 Å². The molecule has 106 valence electrons. The van der Waals surface area contributed by atoms with E-state index in [4.69, 9.17) is 16.3 Å². The summed E-state index contributed by atoms with van der Waals surface area (Å²) in [5, 5.41) is 4.04. The van der Waals surface area contributed by atoms with Gasteiger partial charge in [0.05, 0.1) is 17.7 Å². The van der Waals surface area contributed by atoms with Gasteiger partial charge >= 0.3 is 0 Å². The molecule has 20 heavy (non-hydrogen) atoms. The van der Waals surface area contributed by atoms with E-state index in [1.165, 1.54) is 0 Å². The predicted octanol–water partition coefficient (Wildman–Crippen LogP) is 4.81. The van der Waals surface area contributed by atoms with Crippen molar-refractivity contribution < 1.29 is 4.74 Å². The highest BCUT2D eigenvalue weighted by Gasteiger charge is 2.16. The topological polar surface area (TPSA) is 21.3 Å². The van der Waals surface area contributed by atoms with Crippen LogP contribution in [0.1, 0.15) is 24.1 Å². The number of hydrogen-bond donors (Lipinski definition) is 1. The molecule has 0 fully saturated rings. The lowest BCUT2D eigenvalue weighted by Gasteiger charge is -2.19. The van der Waals surface area contributed by atoms with Crippen molar-refractivity contribution in [3.05, 3.63) is 63.1 Å². The van der Waals surface area contributed by atoms with Gasteiger partial charge < -0.3 is 10.1 Å². The van der Waals surface area contributed by atoms with Gasteiger partial charge in [0.2, 0.25) is 0 Å². The second-order valence-corrected chi connectivity index (χ2v) is 5.60. The zero-order valence-corrected chi connectivity index (χ0v) is 13.8. The van der Waals surface area contributed by atoms with E-state index >= 15 is 0 Å². The highest BCUT2D eigenvalue weighted by Crippen LogP contribution is 2.33. The molecule has 1 atom stereocenters. The van der Waals surface area contributed by atoms with Gasteiger partial charge in [0.25, 0.3) is 0 Å². The van der Waals surface area contributed by atoms with Crippen LogP contribution in [0.25, 0.3) is 0 Å². The van der Waals surface area contributed by atoms with Crippen molar-refractivity contribution in [2.75, 3.05) is 13.7 Å². The summed E-state index contributed by atoms with van der Waals surface area (Å²) in [6.07, 6.45) is 0. The Morgan fingerprint density at radius 2 is 1.90 bits per heavy atom. The minimum absolute atomic E-state index is 0.0516. The van der Waals surface area contributed by atoms with Crippen LogP contribution in [-0.2, 0) is 0 Å². The van der Waals surface area contributed by atoms with Crippen LogP contribution in [-0.4, -0.2) is 13.7 Å². The maximum absolute atomic E-state index is 6.39. The molecule has 0 saturated carbocycles. The van der Waals surface area contributed by atoms with Gasteiger partial charge in [0.1, 0.15) is 5.75 Å². The highest BCUT2D eigenvalue weighted by atomic mass is 79.9. The fourth-order valence-corrected chi connectivity index (χ4v) is 2.78. The first-order chi connectivity index (χ1) is 9.67. The summed E-state index contributed by atoms with van der Waals surface area (Å²) in [6.45, 7) is 2.65. The lowest BCUT2D eigenvalue weighted by Crippen LogP contribution is -2.18. The van der Waals surface area contributed by atoms with E-state index in [1.54, 1.807) is 0 Å². The fourth-order valence-electron chi connectivity index (χ4n) is 2.17. The molecule has 0 aliphatic carbocycles. The van der Waals surface area contributed by atoms with Gasteiger partial charge in [-0.3, -0.25) is 0 Å². The predicted molar refractivity (Wildman–Crippen MR) is 87.7 cm³/mol. The summed E-state index contributed by atoms with van der Waals surface area (Å²) >= 11 is 9.85. The number of nitrogens with one attached hydrogen (secondary N) is 1. The van der Waals surface area contributed by atoms with Crippen molar-refractivity contribution >= 4 is 27.5 Å². The van der Waals surface area contributed by atoms with E-state index in [9.17, 15) is 0 Å². The molecule has 0 radical (unpaired) electrons. The molecule has 2 aromatic rings. The maximum atomic E-state index is 6.39. The third-order valence-electron chi connectivity index (χ3n) is 3.11. The highest BCUT2D eigenvalue weighted by molar-refractivity contribution is 9.10. The number of benzene rings is 2. The largest absolute Gasteiger partial charge is 0.494 e. The zero-order valence-electron chi connectivity index (χ0n) is 11.5. The van der Waals surface area contributed by atoms with Gasteiger partial charge in [-0.1, -0.05) is 35.9 Å². The minimum atomic E-state index is 0.0516. The van der Waals surface area contributed by atoms with E-state index in [-0.39, 0.29) is 6.04 Å². The minimum Gasteiger partial charge on any atom is -0.494 e. The van der Waals surface area contributed by atoms with Crippen LogP contribution < -0.4 is 10.1 Å². The molecule has 1 N–H and O–H groups in total. The van der Waals surface area contributed by atoms with Crippen LogP contribution in [0.2, 0.25) is 5.02 Å². The third-order valence-corrected chi connectivity index (χ3v) is 4.42. The molecule has 1 unspecified atom stereocenters. The van der Waals surface area contributed by atoms with Crippen LogP contribution in [0.4, 0.5) is 0 Å². The SMILES string of the molecule is CCOc1ccc(C(NC)c2cccc(Br)c2Cl)cc1. The van der Waals surface area contributed by atoms with Crippen LogP contribution in [0, 0.1) is 0 Å². The summed E-state index contributed by atoms with van der Waals surface area (Å²) in [5.41, 5.74) is 2.20. The average molecular weight is 355 g/mol. The van der Waals surface area contributed by atoms with Crippen molar-refractivity contribution in [3.63, 3.8) is 0 Å². The zero-order chi connectivity index (χ0) is 14.5. The Hall–Kier alpha value is -1.03. The van der Waals surface area contributed by atoms with Crippen molar-refractivity contribution in [1.29, 1.82) is 0 Å². The summed E-state index contributed by atoms with van der Waals surface area (Å²) in [4.78, 5) is 0. The van der Waals surface area contributed by atoms with E-state index in [2.05, 4.69) is 33.4 Å². The molecule has 0 bridgehead atoms. The normalized spacial score (nSPS) is 12.2. The molecule has 4 heteroatoms. The second-order valence-electron chi connectivity index (χ2n) is 4.37. The van der Waals surface area contributed by atoms with Gasteiger partial charge in [0.15, 0.2) is 0 Å². The first kappa shape index (κ1) is 15.4. The fraction of sp³-hybridized carbons (Fsp3) is 0.250. The van der Waals surface area contributed by atoms with Crippen LogP contribution in [0.5, 0.6) is 5.75 Å². The first-order valence-corrected chi connectivity index (χ1v) is 7.68. The van der Waals surface area contributed by atoms with Crippen molar-refractivity contribution in [2.45, 2.75) is 13.0 Å². The third kappa shape index (κ3) is 3.35. The molecule has 0 aliphatic heterocycles. The molecule has 0 aliphatic rings. The number of ether oxygens (including phenoxy) is 1. The van der Waals surface area contributed by atoms with Gasteiger partial charge in [0, 0.05) is 4.47 Å². The van der Waals surface area contributed by atoms with Crippen molar-refractivity contribution in [1.82, 2.24) is 5.32 Å². The molecule has 0 amide bonds. The van der Waals surface area contributed by atoms with Crippen molar-refractivity contribution in [3.8, 4) is 5.75 Å². The molecule has 0 spiro atoms. The molecular formula is C16H17BrClNO. The summed E-state index contributed by atoms with van der Waals surface area (Å²) in [7, 11) is 1.93. The van der Waals surface area contributed by atoms with Gasteiger partial charge in [-0.15, -0.1) is 0 Å². The molecule has 2 rings (SSSR count). The lowest BCUT2D eigenvalue weighted by molar-refractivity contribution is 0.340. The number of hydrogen-bond acceptors (Lipinski definition) is 2.